The van der Waals surface area contributed by atoms with Crippen molar-refractivity contribution in [3.63, 3.8) is 0 Å². The largest absolute Gasteiger partial charge is 0.496 e. The number of carbonyl (C=O) groups excluding carboxylic acids is 1. The predicted molar refractivity (Wildman–Crippen MR) is 118 cm³/mol. The monoisotopic (exact) mass is 393 g/mol. The summed E-state index contributed by atoms with van der Waals surface area (Å²) in [5.74, 6) is 1.60. The number of hydrogen-bond donors (Lipinski definition) is 1. The second-order valence-electron chi connectivity index (χ2n) is 7.29. The van der Waals surface area contributed by atoms with Crippen LogP contribution in [0.2, 0.25) is 0 Å². The Hall–Kier alpha value is -2.82. The Labute approximate surface area is 173 Å². The van der Waals surface area contributed by atoms with E-state index in [-0.39, 0.29) is 5.91 Å². The first-order valence-corrected chi connectivity index (χ1v) is 10.6. The van der Waals surface area contributed by atoms with Crippen LogP contribution in [0.1, 0.15) is 55.2 Å². The molecule has 1 aromatic heterocycles. The summed E-state index contributed by atoms with van der Waals surface area (Å²) >= 11 is 0. The molecule has 0 aliphatic rings. The Balaban J connectivity index is 1.59. The summed E-state index contributed by atoms with van der Waals surface area (Å²) in [5, 5.41) is 3.00. The summed E-state index contributed by atoms with van der Waals surface area (Å²) in [6, 6.07) is 15.6. The summed E-state index contributed by atoms with van der Waals surface area (Å²) < 4.78 is 7.63. The minimum Gasteiger partial charge on any atom is -0.496 e. The number of aromatic nitrogens is 2. The fraction of sp³-hybridized carbons (Fsp3) is 0.417. The molecule has 1 amide bonds. The molecule has 2 aromatic carbocycles. The third-order valence-electron chi connectivity index (χ3n) is 5.18. The van der Waals surface area contributed by atoms with E-state index in [2.05, 4.69) is 35.0 Å². The first kappa shape index (κ1) is 20.9. The van der Waals surface area contributed by atoms with E-state index >= 15 is 0 Å². The van der Waals surface area contributed by atoms with Crippen LogP contribution in [0.4, 0.5) is 0 Å². The summed E-state index contributed by atoms with van der Waals surface area (Å²) in [6.45, 7) is 3.84. The van der Waals surface area contributed by atoms with Gasteiger partial charge in [0.05, 0.1) is 23.7 Å². The lowest BCUT2D eigenvalue weighted by atomic mass is 10.2. The lowest BCUT2D eigenvalue weighted by Gasteiger charge is -2.11. The van der Waals surface area contributed by atoms with Gasteiger partial charge in [-0.05, 0) is 37.1 Å². The molecule has 0 aliphatic heterocycles. The van der Waals surface area contributed by atoms with Crippen LogP contribution in [-0.4, -0.2) is 29.1 Å². The number of nitrogens with one attached hydrogen (secondary N) is 1. The van der Waals surface area contributed by atoms with Crippen LogP contribution in [0.15, 0.2) is 48.5 Å². The molecule has 0 aliphatic carbocycles. The molecule has 0 bridgehead atoms. The second kappa shape index (κ2) is 10.6. The quantitative estimate of drug-likeness (QED) is 0.467. The number of fused-ring (bicyclic) bond motifs is 1. The number of aryl methyl sites for hydroxylation is 2. The molecular formula is C24H31N3O2. The predicted octanol–water partition coefficient (Wildman–Crippen LogP) is 4.99. The number of ether oxygens (including phenoxy) is 1. The van der Waals surface area contributed by atoms with Gasteiger partial charge in [-0.2, -0.15) is 0 Å². The number of benzene rings is 2. The summed E-state index contributed by atoms with van der Waals surface area (Å²) in [5.41, 5.74) is 2.83. The van der Waals surface area contributed by atoms with Gasteiger partial charge in [-0.1, -0.05) is 50.5 Å². The van der Waals surface area contributed by atoms with Crippen LogP contribution < -0.4 is 10.1 Å². The van der Waals surface area contributed by atoms with E-state index in [0.717, 1.165) is 30.7 Å². The van der Waals surface area contributed by atoms with Gasteiger partial charge in [0.15, 0.2) is 0 Å². The van der Waals surface area contributed by atoms with Crippen LogP contribution in [0.25, 0.3) is 11.0 Å². The fourth-order valence-electron chi connectivity index (χ4n) is 3.64. The molecule has 1 N–H and O–H groups in total. The minimum absolute atomic E-state index is 0.101. The minimum atomic E-state index is -0.101. The number of hydrogen-bond acceptors (Lipinski definition) is 3. The highest BCUT2D eigenvalue weighted by molar-refractivity contribution is 5.96. The number of amides is 1. The second-order valence-corrected chi connectivity index (χ2v) is 7.29. The normalized spacial score (nSPS) is 11.0. The zero-order chi connectivity index (χ0) is 20.5. The standard InChI is InChI=1S/C24H31N3O2/c1-3-4-5-10-18-27-21-14-8-7-13-20(21)26-23(27)16-11-17-25-24(28)19-12-6-9-15-22(19)29-2/h6-9,12-15H,3-5,10-11,16-18H2,1-2H3,(H,25,28). The van der Waals surface area contributed by atoms with E-state index in [0.29, 0.717) is 17.9 Å². The Bertz CT molecular complexity index is 933. The van der Waals surface area contributed by atoms with Crippen molar-refractivity contribution in [2.75, 3.05) is 13.7 Å². The van der Waals surface area contributed by atoms with Gasteiger partial charge >= 0.3 is 0 Å². The maximum Gasteiger partial charge on any atom is 0.255 e. The molecule has 29 heavy (non-hydrogen) atoms. The zero-order valence-electron chi connectivity index (χ0n) is 17.5. The van der Waals surface area contributed by atoms with Gasteiger partial charge in [0.1, 0.15) is 11.6 Å². The molecule has 3 aromatic rings. The van der Waals surface area contributed by atoms with Gasteiger partial charge in [-0.25, -0.2) is 4.98 Å². The van der Waals surface area contributed by atoms with Crippen LogP contribution in [-0.2, 0) is 13.0 Å². The smallest absolute Gasteiger partial charge is 0.255 e. The van der Waals surface area contributed by atoms with Crippen molar-refractivity contribution in [3.05, 3.63) is 59.9 Å². The summed E-state index contributed by atoms with van der Waals surface area (Å²) in [6.07, 6.45) is 6.62. The van der Waals surface area contributed by atoms with Crippen LogP contribution in [0, 0.1) is 0 Å². The fourth-order valence-corrected chi connectivity index (χ4v) is 3.64. The van der Waals surface area contributed by atoms with Crippen LogP contribution in [0.3, 0.4) is 0 Å². The van der Waals surface area contributed by atoms with Crippen molar-refractivity contribution in [1.29, 1.82) is 0 Å². The molecule has 5 nitrogen and oxygen atoms in total. The summed E-state index contributed by atoms with van der Waals surface area (Å²) in [4.78, 5) is 17.3. The molecule has 154 valence electrons. The van der Waals surface area contributed by atoms with E-state index < -0.39 is 0 Å². The molecular weight excluding hydrogens is 362 g/mol. The van der Waals surface area contributed by atoms with E-state index in [4.69, 9.17) is 9.72 Å². The maximum atomic E-state index is 12.4. The van der Waals surface area contributed by atoms with E-state index in [1.807, 2.05) is 18.2 Å². The van der Waals surface area contributed by atoms with E-state index in [1.54, 1.807) is 19.2 Å². The number of nitrogens with zero attached hydrogens (tertiary/aromatic N) is 2. The molecule has 5 heteroatoms. The highest BCUT2D eigenvalue weighted by Gasteiger charge is 2.12. The van der Waals surface area contributed by atoms with Crippen molar-refractivity contribution < 1.29 is 9.53 Å². The van der Waals surface area contributed by atoms with Crippen LogP contribution in [0.5, 0.6) is 5.75 Å². The molecule has 1 heterocycles. The van der Waals surface area contributed by atoms with Crippen molar-refractivity contribution in [3.8, 4) is 5.75 Å². The molecule has 0 spiro atoms. The van der Waals surface area contributed by atoms with Gasteiger partial charge in [0.25, 0.3) is 5.91 Å². The highest BCUT2D eigenvalue weighted by Crippen LogP contribution is 2.19. The van der Waals surface area contributed by atoms with Gasteiger partial charge in [0, 0.05) is 19.5 Å². The number of rotatable bonds is 11. The SMILES string of the molecule is CCCCCCn1c(CCCNC(=O)c2ccccc2OC)nc2ccccc21. The van der Waals surface area contributed by atoms with Gasteiger partial charge in [0.2, 0.25) is 0 Å². The number of imidazole rings is 1. The Kier molecular flexibility index (Phi) is 7.68. The van der Waals surface area contributed by atoms with Crippen molar-refractivity contribution in [1.82, 2.24) is 14.9 Å². The molecule has 0 saturated carbocycles. The Morgan fingerprint density at radius 1 is 1.03 bits per heavy atom. The van der Waals surface area contributed by atoms with Crippen LogP contribution >= 0.6 is 0 Å². The number of carbonyl (C=O) groups is 1. The number of unbranched alkanes of at least 4 members (excludes halogenated alkanes) is 3. The van der Waals surface area contributed by atoms with Crippen molar-refractivity contribution in [2.24, 2.45) is 0 Å². The Morgan fingerprint density at radius 3 is 2.66 bits per heavy atom. The van der Waals surface area contributed by atoms with Crippen molar-refractivity contribution >= 4 is 16.9 Å². The van der Waals surface area contributed by atoms with Gasteiger partial charge in [-0.15, -0.1) is 0 Å². The topological polar surface area (TPSA) is 56.2 Å². The lowest BCUT2D eigenvalue weighted by Crippen LogP contribution is -2.25. The number of methoxy groups -OCH3 is 1. The molecule has 0 radical (unpaired) electrons. The molecule has 0 atom stereocenters. The van der Waals surface area contributed by atoms with Gasteiger partial charge < -0.3 is 14.6 Å². The zero-order valence-corrected chi connectivity index (χ0v) is 17.5. The maximum absolute atomic E-state index is 12.4. The molecule has 0 fully saturated rings. The third kappa shape index (κ3) is 5.37. The Morgan fingerprint density at radius 2 is 1.83 bits per heavy atom. The summed E-state index contributed by atoms with van der Waals surface area (Å²) in [7, 11) is 1.58. The molecule has 3 rings (SSSR count). The average molecular weight is 394 g/mol. The first-order chi connectivity index (χ1) is 14.2. The highest BCUT2D eigenvalue weighted by atomic mass is 16.5. The van der Waals surface area contributed by atoms with Crippen molar-refractivity contribution in [2.45, 2.75) is 52.0 Å². The van der Waals surface area contributed by atoms with Gasteiger partial charge in [-0.3, -0.25) is 4.79 Å². The van der Waals surface area contributed by atoms with E-state index in [9.17, 15) is 4.79 Å². The average Bonchev–Trinajstić information content (AvgIpc) is 3.11. The van der Waals surface area contributed by atoms with E-state index in [1.165, 1.54) is 31.2 Å². The third-order valence-corrected chi connectivity index (χ3v) is 5.18. The molecule has 0 unspecified atom stereocenters. The molecule has 0 saturated heterocycles. The first-order valence-electron chi connectivity index (χ1n) is 10.6. The lowest BCUT2D eigenvalue weighted by molar-refractivity contribution is 0.0950. The number of para-hydroxylation sites is 3.